The van der Waals surface area contributed by atoms with E-state index in [1.807, 2.05) is 0 Å². The van der Waals surface area contributed by atoms with Crippen molar-refractivity contribution < 1.29 is 4.57 Å². The molecule has 0 aliphatic heterocycles. The van der Waals surface area contributed by atoms with Gasteiger partial charge in [-0.15, -0.1) is 0 Å². The number of aryl methyl sites for hydroxylation is 2. The normalized spacial score (nSPS) is 10.9. The van der Waals surface area contributed by atoms with Gasteiger partial charge in [0, 0.05) is 6.42 Å². The average molecular weight is 209 g/mol. The Labute approximate surface area is 93.9 Å². The first-order valence-corrected chi connectivity index (χ1v) is 6.40. The van der Waals surface area contributed by atoms with Gasteiger partial charge in [0.2, 0.25) is 0 Å². The van der Waals surface area contributed by atoms with Gasteiger partial charge in [0.15, 0.2) is 0 Å². The first-order chi connectivity index (χ1) is 7.33. The lowest BCUT2D eigenvalue weighted by atomic mass is 10.3. The molecular weight excluding hydrogens is 184 g/mol. The lowest BCUT2D eigenvalue weighted by Crippen LogP contribution is -2.37. The molecule has 1 rings (SSSR count). The molecule has 0 saturated carbocycles. The van der Waals surface area contributed by atoms with E-state index in [-0.39, 0.29) is 0 Å². The summed E-state index contributed by atoms with van der Waals surface area (Å²) in [5, 5.41) is 0. The first-order valence-electron chi connectivity index (χ1n) is 6.40. The maximum atomic E-state index is 2.43. The SMILES string of the molecule is CCCCn1cc[n+](CCC)c1CCC. The summed E-state index contributed by atoms with van der Waals surface area (Å²) in [4.78, 5) is 0. The van der Waals surface area contributed by atoms with Crippen molar-refractivity contribution in [3.63, 3.8) is 0 Å². The molecule has 0 aliphatic rings. The van der Waals surface area contributed by atoms with Crippen LogP contribution in [0.15, 0.2) is 12.4 Å². The van der Waals surface area contributed by atoms with Crippen LogP contribution in [0.25, 0.3) is 0 Å². The molecule has 1 aromatic rings. The standard InChI is InChI=1S/C13H25N2/c1-4-7-10-15-12-11-14(9-6-3)13(15)8-5-2/h11-12H,4-10H2,1-3H3/q+1. The topological polar surface area (TPSA) is 8.81 Å². The minimum absolute atomic E-state index is 1.16. The molecule has 0 radical (unpaired) electrons. The number of hydrogen-bond acceptors (Lipinski definition) is 0. The lowest BCUT2D eigenvalue weighted by Gasteiger charge is -2.02. The molecule has 86 valence electrons. The van der Waals surface area contributed by atoms with Crippen molar-refractivity contribution in [3.8, 4) is 0 Å². The third-order valence-corrected chi connectivity index (χ3v) is 2.78. The van der Waals surface area contributed by atoms with E-state index in [4.69, 9.17) is 0 Å². The van der Waals surface area contributed by atoms with Crippen molar-refractivity contribution in [1.82, 2.24) is 4.57 Å². The Hall–Kier alpha value is -0.790. The fourth-order valence-electron chi connectivity index (χ4n) is 1.99. The van der Waals surface area contributed by atoms with Crippen LogP contribution in [0.4, 0.5) is 0 Å². The molecule has 1 aromatic heterocycles. The Morgan fingerprint density at radius 2 is 1.93 bits per heavy atom. The van der Waals surface area contributed by atoms with Gasteiger partial charge >= 0.3 is 0 Å². The molecule has 0 aromatic carbocycles. The zero-order chi connectivity index (χ0) is 11.1. The zero-order valence-corrected chi connectivity index (χ0v) is 10.5. The molecule has 0 unspecified atom stereocenters. The molecule has 0 bridgehead atoms. The predicted molar refractivity (Wildman–Crippen MR) is 63.8 cm³/mol. The fraction of sp³-hybridized carbons (Fsp3) is 0.769. The van der Waals surface area contributed by atoms with Crippen molar-refractivity contribution in [3.05, 3.63) is 18.2 Å². The molecular formula is C13H25N2+. The van der Waals surface area contributed by atoms with Crippen molar-refractivity contribution in [1.29, 1.82) is 0 Å². The summed E-state index contributed by atoms with van der Waals surface area (Å²) >= 11 is 0. The Kier molecular flexibility index (Phi) is 5.44. The third-order valence-electron chi connectivity index (χ3n) is 2.78. The molecule has 0 amide bonds. The van der Waals surface area contributed by atoms with Crippen LogP contribution in [0.2, 0.25) is 0 Å². The maximum absolute atomic E-state index is 2.43. The highest BCUT2D eigenvalue weighted by Gasteiger charge is 2.14. The van der Waals surface area contributed by atoms with Gasteiger partial charge in [0.1, 0.15) is 12.4 Å². The molecule has 0 N–H and O–H groups in total. The predicted octanol–water partition coefficient (Wildman–Crippen LogP) is 2.94. The van der Waals surface area contributed by atoms with E-state index in [9.17, 15) is 0 Å². The average Bonchev–Trinajstić information content (AvgIpc) is 2.60. The Bertz CT molecular complexity index is 276. The molecule has 0 saturated heterocycles. The van der Waals surface area contributed by atoms with E-state index < -0.39 is 0 Å². The summed E-state index contributed by atoms with van der Waals surface area (Å²) in [5.74, 6) is 1.51. The van der Waals surface area contributed by atoms with Crippen LogP contribution in [0.3, 0.4) is 0 Å². The number of hydrogen-bond donors (Lipinski definition) is 0. The van der Waals surface area contributed by atoms with Crippen LogP contribution < -0.4 is 4.57 Å². The summed E-state index contributed by atoms with van der Waals surface area (Å²) in [7, 11) is 0. The van der Waals surface area contributed by atoms with E-state index in [2.05, 4.69) is 42.3 Å². The summed E-state index contributed by atoms with van der Waals surface area (Å²) < 4.78 is 4.85. The molecule has 15 heavy (non-hydrogen) atoms. The minimum atomic E-state index is 1.16. The van der Waals surface area contributed by atoms with Gasteiger partial charge in [-0.3, -0.25) is 0 Å². The second kappa shape index (κ2) is 6.65. The first kappa shape index (κ1) is 12.3. The van der Waals surface area contributed by atoms with Crippen LogP contribution in [0, 0.1) is 0 Å². The number of nitrogens with zero attached hydrogens (tertiary/aromatic N) is 2. The van der Waals surface area contributed by atoms with Gasteiger partial charge in [0.25, 0.3) is 5.82 Å². The quantitative estimate of drug-likeness (QED) is 0.611. The van der Waals surface area contributed by atoms with Gasteiger partial charge < -0.3 is 0 Å². The van der Waals surface area contributed by atoms with Crippen LogP contribution >= 0.6 is 0 Å². The summed E-state index contributed by atoms with van der Waals surface area (Å²) in [6.45, 7) is 9.10. The van der Waals surface area contributed by atoms with Gasteiger partial charge in [-0.2, -0.15) is 0 Å². The molecule has 0 fully saturated rings. The van der Waals surface area contributed by atoms with Crippen molar-refractivity contribution in [2.45, 2.75) is 66.0 Å². The third kappa shape index (κ3) is 3.37. The van der Waals surface area contributed by atoms with Gasteiger partial charge in [-0.1, -0.05) is 27.2 Å². The highest BCUT2D eigenvalue weighted by Crippen LogP contribution is 2.03. The number of imidazole rings is 1. The fourth-order valence-corrected chi connectivity index (χ4v) is 1.99. The molecule has 2 heteroatoms. The highest BCUT2D eigenvalue weighted by atomic mass is 15.1. The number of unbranched alkanes of at least 4 members (excludes halogenated alkanes) is 1. The largest absolute Gasteiger partial charge is 0.256 e. The van der Waals surface area contributed by atoms with E-state index in [1.54, 1.807) is 0 Å². The molecule has 0 atom stereocenters. The highest BCUT2D eigenvalue weighted by molar-refractivity contribution is 4.83. The van der Waals surface area contributed by atoms with Crippen LogP contribution in [0.1, 0.15) is 52.3 Å². The van der Waals surface area contributed by atoms with E-state index in [0.717, 1.165) is 6.54 Å². The second-order valence-electron chi connectivity index (χ2n) is 4.20. The molecule has 0 spiro atoms. The smallest absolute Gasteiger partial charge is 0.234 e. The number of rotatable bonds is 7. The van der Waals surface area contributed by atoms with Crippen molar-refractivity contribution in [2.24, 2.45) is 0 Å². The maximum Gasteiger partial charge on any atom is 0.256 e. The van der Waals surface area contributed by atoms with Crippen LogP contribution in [-0.2, 0) is 19.5 Å². The van der Waals surface area contributed by atoms with E-state index in [0.29, 0.717) is 0 Å². The lowest BCUT2D eigenvalue weighted by molar-refractivity contribution is -0.703. The van der Waals surface area contributed by atoms with Gasteiger partial charge in [-0.25, -0.2) is 9.13 Å². The van der Waals surface area contributed by atoms with Gasteiger partial charge in [0.05, 0.1) is 13.1 Å². The Morgan fingerprint density at radius 3 is 2.53 bits per heavy atom. The summed E-state index contributed by atoms with van der Waals surface area (Å²) in [6, 6.07) is 0. The van der Waals surface area contributed by atoms with E-state index in [1.165, 1.54) is 44.5 Å². The Balaban J connectivity index is 2.75. The summed E-state index contributed by atoms with van der Waals surface area (Å²) in [5.41, 5.74) is 0. The minimum Gasteiger partial charge on any atom is -0.234 e. The molecule has 1 heterocycles. The second-order valence-corrected chi connectivity index (χ2v) is 4.20. The van der Waals surface area contributed by atoms with Crippen LogP contribution in [-0.4, -0.2) is 4.57 Å². The van der Waals surface area contributed by atoms with E-state index >= 15 is 0 Å². The molecule has 2 nitrogen and oxygen atoms in total. The zero-order valence-electron chi connectivity index (χ0n) is 10.5. The van der Waals surface area contributed by atoms with Crippen molar-refractivity contribution in [2.75, 3.05) is 0 Å². The Morgan fingerprint density at radius 1 is 1.13 bits per heavy atom. The number of aromatic nitrogens is 2. The monoisotopic (exact) mass is 209 g/mol. The summed E-state index contributed by atoms with van der Waals surface area (Å²) in [6.07, 6.45) is 10.7. The van der Waals surface area contributed by atoms with Crippen molar-refractivity contribution >= 4 is 0 Å². The molecule has 0 aliphatic carbocycles. The van der Waals surface area contributed by atoms with Gasteiger partial charge in [-0.05, 0) is 19.3 Å². The van der Waals surface area contributed by atoms with Crippen LogP contribution in [0.5, 0.6) is 0 Å².